The van der Waals surface area contributed by atoms with Gasteiger partial charge in [0.25, 0.3) is 0 Å². The molecule has 1 aromatic carbocycles. The van der Waals surface area contributed by atoms with E-state index in [0.717, 1.165) is 35.6 Å². The summed E-state index contributed by atoms with van der Waals surface area (Å²) >= 11 is 0. The molecule has 2 N–H and O–H groups in total. The highest BCUT2D eigenvalue weighted by Gasteiger charge is 2.32. The fourth-order valence-electron chi connectivity index (χ4n) is 2.53. The van der Waals surface area contributed by atoms with Crippen LogP contribution >= 0.6 is 0 Å². The average Bonchev–Trinajstić information content (AvgIpc) is 2.38. The zero-order valence-corrected chi connectivity index (χ0v) is 11.3. The van der Waals surface area contributed by atoms with E-state index in [4.69, 9.17) is 10.5 Å². The van der Waals surface area contributed by atoms with Crippen molar-refractivity contribution in [3.8, 4) is 0 Å². The number of anilines is 2. The number of aromatic nitrogens is 2. The van der Waals surface area contributed by atoms with Crippen LogP contribution in [0.5, 0.6) is 0 Å². The van der Waals surface area contributed by atoms with Gasteiger partial charge < -0.3 is 15.4 Å². The first kappa shape index (κ1) is 12.2. The van der Waals surface area contributed by atoms with Crippen LogP contribution in [0, 0.1) is 0 Å². The molecule has 0 aliphatic carbocycles. The van der Waals surface area contributed by atoms with Gasteiger partial charge in [0.1, 0.15) is 12.1 Å². The second kappa shape index (κ2) is 4.35. The molecule has 100 valence electrons. The fourth-order valence-corrected chi connectivity index (χ4v) is 2.53. The highest BCUT2D eigenvalue weighted by atomic mass is 16.5. The lowest BCUT2D eigenvalue weighted by Gasteiger charge is -2.43. The van der Waals surface area contributed by atoms with Gasteiger partial charge in [0.2, 0.25) is 0 Å². The predicted molar refractivity (Wildman–Crippen MR) is 76.2 cm³/mol. The summed E-state index contributed by atoms with van der Waals surface area (Å²) in [6.07, 6.45) is 1.61. The first-order valence-electron chi connectivity index (χ1n) is 6.43. The van der Waals surface area contributed by atoms with Gasteiger partial charge in [-0.2, -0.15) is 0 Å². The van der Waals surface area contributed by atoms with E-state index in [1.165, 1.54) is 0 Å². The van der Waals surface area contributed by atoms with Gasteiger partial charge in [-0.3, -0.25) is 0 Å². The molecule has 19 heavy (non-hydrogen) atoms. The van der Waals surface area contributed by atoms with Crippen molar-refractivity contribution in [3.05, 3.63) is 24.5 Å². The minimum atomic E-state index is -0.0792. The summed E-state index contributed by atoms with van der Waals surface area (Å²) in [7, 11) is 0. The van der Waals surface area contributed by atoms with Crippen LogP contribution in [0.1, 0.15) is 13.8 Å². The summed E-state index contributed by atoms with van der Waals surface area (Å²) in [5, 5.41) is 0.998. The standard InChI is InChI=1S/C14H18N4O/c1-14(2)8-19-6-5-18(14)13-11-7-10(15)3-4-12(11)16-9-17-13/h3-4,7,9H,5-6,8,15H2,1-2H3. The van der Waals surface area contributed by atoms with Crippen LogP contribution in [0.15, 0.2) is 24.5 Å². The van der Waals surface area contributed by atoms with Crippen molar-refractivity contribution in [2.24, 2.45) is 0 Å². The number of nitrogens with zero attached hydrogens (tertiary/aromatic N) is 3. The van der Waals surface area contributed by atoms with Crippen LogP contribution in [0.3, 0.4) is 0 Å². The number of fused-ring (bicyclic) bond motifs is 1. The van der Waals surface area contributed by atoms with Gasteiger partial charge in [-0.15, -0.1) is 0 Å². The van der Waals surface area contributed by atoms with Crippen LogP contribution in [0.2, 0.25) is 0 Å². The molecule has 2 aromatic rings. The van der Waals surface area contributed by atoms with Gasteiger partial charge in [0, 0.05) is 17.6 Å². The Balaban J connectivity index is 2.16. The van der Waals surface area contributed by atoms with Crippen molar-refractivity contribution < 1.29 is 4.74 Å². The van der Waals surface area contributed by atoms with E-state index >= 15 is 0 Å². The minimum Gasteiger partial charge on any atom is -0.399 e. The summed E-state index contributed by atoms with van der Waals surface area (Å²) < 4.78 is 5.56. The number of hydrogen-bond acceptors (Lipinski definition) is 5. The normalized spacial score (nSPS) is 18.7. The Bertz CT molecular complexity index is 611. The molecule has 1 aliphatic rings. The molecular formula is C14H18N4O. The van der Waals surface area contributed by atoms with Crippen LogP contribution in [-0.4, -0.2) is 35.3 Å². The number of rotatable bonds is 1. The van der Waals surface area contributed by atoms with E-state index < -0.39 is 0 Å². The summed E-state index contributed by atoms with van der Waals surface area (Å²) in [6.45, 7) is 6.56. The highest BCUT2D eigenvalue weighted by Crippen LogP contribution is 2.31. The predicted octanol–water partition coefficient (Wildman–Crippen LogP) is 1.83. The molecule has 0 radical (unpaired) electrons. The molecule has 0 amide bonds. The zero-order valence-electron chi connectivity index (χ0n) is 11.3. The maximum atomic E-state index is 5.89. The Morgan fingerprint density at radius 2 is 2.16 bits per heavy atom. The van der Waals surface area contributed by atoms with E-state index in [2.05, 4.69) is 28.7 Å². The number of hydrogen-bond donors (Lipinski definition) is 1. The van der Waals surface area contributed by atoms with Gasteiger partial charge in [0.05, 0.1) is 24.3 Å². The van der Waals surface area contributed by atoms with Gasteiger partial charge in [-0.05, 0) is 32.0 Å². The molecule has 1 fully saturated rings. The largest absolute Gasteiger partial charge is 0.399 e. The molecule has 1 aromatic heterocycles. The lowest BCUT2D eigenvalue weighted by Crippen LogP contribution is -2.53. The fraction of sp³-hybridized carbons (Fsp3) is 0.429. The maximum absolute atomic E-state index is 5.89. The second-order valence-electron chi connectivity index (χ2n) is 5.49. The number of nitrogen functional groups attached to an aromatic ring is 1. The van der Waals surface area contributed by atoms with E-state index in [1.54, 1.807) is 6.33 Å². The first-order chi connectivity index (χ1) is 9.08. The lowest BCUT2D eigenvalue weighted by molar-refractivity contribution is 0.0641. The van der Waals surface area contributed by atoms with Gasteiger partial charge >= 0.3 is 0 Å². The third kappa shape index (κ3) is 2.10. The maximum Gasteiger partial charge on any atom is 0.140 e. The number of ether oxygens (including phenoxy) is 1. The van der Waals surface area contributed by atoms with E-state index in [-0.39, 0.29) is 5.54 Å². The number of morpholine rings is 1. The van der Waals surface area contributed by atoms with E-state index in [1.807, 2.05) is 18.2 Å². The van der Waals surface area contributed by atoms with Crippen LogP contribution in [0.25, 0.3) is 10.9 Å². The van der Waals surface area contributed by atoms with Gasteiger partial charge in [-0.1, -0.05) is 0 Å². The molecule has 0 bridgehead atoms. The topological polar surface area (TPSA) is 64.3 Å². The van der Waals surface area contributed by atoms with Crippen molar-refractivity contribution in [3.63, 3.8) is 0 Å². The smallest absolute Gasteiger partial charge is 0.140 e. The Morgan fingerprint density at radius 1 is 1.32 bits per heavy atom. The van der Waals surface area contributed by atoms with E-state index in [9.17, 15) is 0 Å². The summed E-state index contributed by atoms with van der Waals surface area (Å²) in [6, 6.07) is 5.74. The first-order valence-corrected chi connectivity index (χ1v) is 6.43. The number of nitrogens with two attached hydrogens (primary N) is 1. The average molecular weight is 258 g/mol. The summed E-state index contributed by atoms with van der Waals surface area (Å²) in [4.78, 5) is 11.0. The third-order valence-corrected chi connectivity index (χ3v) is 3.54. The van der Waals surface area contributed by atoms with Crippen molar-refractivity contribution in [1.82, 2.24) is 9.97 Å². The van der Waals surface area contributed by atoms with Crippen molar-refractivity contribution in [1.29, 1.82) is 0 Å². The van der Waals surface area contributed by atoms with Crippen LogP contribution < -0.4 is 10.6 Å². The SMILES string of the molecule is CC1(C)COCCN1c1ncnc2ccc(N)cc12. The Labute approximate surface area is 112 Å². The van der Waals surface area contributed by atoms with Gasteiger partial charge in [-0.25, -0.2) is 9.97 Å². The molecule has 1 saturated heterocycles. The van der Waals surface area contributed by atoms with Crippen molar-refractivity contribution in [2.75, 3.05) is 30.4 Å². The zero-order chi connectivity index (χ0) is 13.5. The molecule has 0 spiro atoms. The molecule has 1 aliphatic heterocycles. The Hall–Kier alpha value is -1.88. The minimum absolute atomic E-state index is 0.0792. The Morgan fingerprint density at radius 3 is 2.95 bits per heavy atom. The lowest BCUT2D eigenvalue weighted by atomic mass is 10.0. The highest BCUT2D eigenvalue weighted by molar-refractivity contribution is 5.91. The Kier molecular flexibility index (Phi) is 2.78. The number of benzene rings is 1. The van der Waals surface area contributed by atoms with E-state index in [0.29, 0.717) is 6.61 Å². The van der Waals surface area contributed by atoms with Crippen LogP contribution in [-0.2, 0) is 4.74 Å². The van der Waals surface area contributed by atoms with Crippen LogP contribution in [0.4, 0.5) is 11.5 Å². The molecule has 5 heteroatoms. The van der Waals surface area contributed by atoms with Crippen molar-refractivity contribution >= 4 is 22.4 Å². The van der Waals surface area contributed by atoms with Crippen molar-refractivity contribution in [2.45, 2.75) is 19.4 Å². The molecule has 0 atom stereocenters. The van der Waals surface area contributed by atoms with Gasteiger partial charge in [0.15, 0.2) is 0 Å². The third-order valence-electron chi connectivity index (χ3n) is 3.54. The molecule has 2 heterocycles. The summed E-state index contributed by atoms with van der Waals surface area (Å²) in [5.41, 5.74) is 7.46. The molecular weight excluding hydrogens is 240 g/mol. The molecule has 5 nitrogen and oxygen atoms in total. The molecule has 0 unspecified atom stereocenters. The molecule has 3 rings (SSSR count). The summed E-state index contributed by atoms with van der Waals surface area (Å²) in [5.74, 6) is 0.936. The molecule has 0 saturated carbocycles. The monoisotopic (exact) mass is 258 g/mol. The quantitative estimate of drug-likeness (QED) is 0.790. The second-order valence-corrected chi connectivity index (χ2v) is 5.49.